The van der Waals surface area contributed by atoms with Crippen LogP contribution in [0.1, 0.15) is 43.4 Å². The quantitative estimate of drug-likeness (QED) is 0.775. The Labute approximate surface area is 110 Å². The Bertz CT molecular complexity index is 340. The van der Waals surface area contributed by atoms with Crippen LogP contribution in [0.5, 0.6) is 0 Å². The molecule has 1 fully saturated rings. The largest absolute Gasteiger partial charge is 0.314 e. The lowest BCUT2D eigenvalue weighted by Crippen LogP contribution is -2.27. The lowest BCUT2D eigenvalue weighted by atomic mass is 9.92. The zero-order chi connectivity index (χ0) is 12.3. The molecule has 96 valence electrons. The van der Waals surface area contributed by atoms with Crippen LogP contribution >= 0.6 is 11.3 Å². The van der Waals surface area contributed by atoms with E-state index < -0.39 is 0 Å². The van der Waals surface area contributed by atoms with Crippen LogP contribution in [0.4, 0.5) is 0 Å². The van der Waals surface area contributed by atoms with Gasteiger partial charge in [0.1, 0.15) is 0 Å². The van der Waals surface area contributed by atoms with Crippen molar-refractivity contribution in [2.75, 3.05) is 6.54 Å². The molecule has 17 heavy (non-hydrogen) atoms. The number of hydrogen-bond acceptors (Lipinski definition) is 2. The summed E-state index contributed by atoms with van der Waals surface area (Å²) in [4.78, 5) is 3.09. The fourth-order valence-corrected chi connectivity index (χ4v) is 3.18. The standard InChI is InChI=1S/C15H25NS/c1-4-14-7-8-15(17-14)9-11(2)12(3)10-16-13-5-6-13/h7-8,11-13,16H,4-6,9-10H2,1-3H3. The molecule has 1 nitrogen and oxygen atoms in total. The first-order chi connectivity index (χ1) is 8.19. The Morgan fingerprint density at radius 2 is 1.94 bits per heavy atom. The lowest BCUT2D eigenvalue weighted by molar-refractivity contribution is 0.366. The molecule has 1 aromatic heterocycles. The van der Waals surface area contributed by atoms with E-state index in [1.165, 1.54) is 37.1 Å². The van der Waals surface area contributed by atoms with Crippen molar-refractivity contribution in [3.63, 3.8) is 0 Å². The van der Waals surface area contributed by atoms with Gasteiger partial charge in [0, 0.05) is 15.8 Å². The van der Waals surface area contributed by atoms with Crippen molar-refractivity contribution in [2.45, 2.75) is 52.5 Å². The minimum absolute atomic E-state index is 0.780. The molecular formula is C15H25NS. The van der Waals surface area contributed by atoms with Crippen LogP contribution in [0.3, 0.4) is 0 Å². The Balaban J connectivity index is 1.75. The zero-order valence-electron chi connectivity index (χ0n) is 11.3. The molecule has 2 rings (SSSR count). The van der Waals surface area contributed by atoms with E-state index in [9.17, 15) is 0 Å². The third kappa shape index (κ3) is 4.11. The summed E-state index contributed by atoms with van der Waals surface area (Å²) in [6.45, 7) is 8.21. The summed E-state index contributed by atoms with van der Waals surface area (Å²) in [6.07, 6.45) is 5.22. The second kappa shape index (κ2) is 6.01. The van der Waals surface area contributed by atoms with Crippen LogP contribution in [0.2, 0.25) is 0 Å². The molecule has 1 aromatic rings. The average molecular weight is 251 g/mol. The topological polar surface area (TPSA) is 12.0 Å². The second-order valence-corrected chi connectivity index (χ2v) is 6.82. The molecular weight excluding hydrogens is 226 g/mol. The predicted octanol–water partition coefficient (Wildman–Crippen LogP) is 3.88. The molecule has 1 saturated carbocycles. The van der Waals surface area contributed by atoms with E-state index in [-0.39, 0.29) is 0 Å². The molecule has 1 aliphatic rings. The molecule has 1 N–H and O–H groups in total. The highest BCUT2D eigenvalue weighted by molar-refractivity contribution is 7.11. The minimum Gasteiger partial charge on any atom is -0.314 e. The van der Waals surface area contributed by atoms with Crippen LogP contribution in [-0.4, -0.2) is 12.6 Å². The van der Waals surface area contributed by atoms with Gasteiger partial charge in [0.05, 0.1) is 0 Å². The zero-order valence-corrected chi connectivity index (χ0v) is 12.1. The highest BCUT2D eigenvalue weighted by Crippen LogP contribution is 2.24. The van der Waals surface area contributed by atoms with Crippen molar-refractivity contribution in [3.05, 3.63) is 21.9 Å². The van der Waals surface area contributed by atoms with Gasteiger partial charge in [-0.15, -0.1) is 11.3 Å². The van der Waals surface area contributed by atoms with Crippen LogP contribution in [0.25, 0.3) is 0 Å². The van der Waals surface area contributed by atoms with Gasteiger partial charge in [-0.05, 0) is 56.2 Å². The minimum atomic E-state index is 0.780. The molecule has 0 radical (unpaired) electrons. The molecule has 1 aliphatic carbocycles. The second-order valence-electron chi connectivity index (χ2n) is 5.56. The normalized spacial score (nSPS) is 19.2. The third-order valence-electron chi connectivity index (χ3n) is 3.87. The van der Waals surface area contributed by atoms with Gasteiger partial charge in [-0.3, -0.25) is 0 Å². The van der Waals surface area contributed by atoms with Crippen molar-refractivity contribution < 1.29 is 0 Å². The van der Waals surface area contributed by atoms with E-state index in [1.54, 1.807) is 4.88 Å². The first-order valence-corrected chi connectivity index (χ1v) is 7.81. The number of hydrogen-bond donors (Lipinski definition) is 1. The average Bonchev–Trinajstić information content (AvgIpc) is 3.05. The lowest BCUT2D eigenvalue weighted by Gasteiger charge is -2.19. The maximum absolute atomic E-state index is 3.64. The van der Waals surface area contributed by atoms with Crippen molar-refractivity contribution in [1.29, 1.82) is 0 Å². The van der Waals surface area contributed by atoms with Crippen molar-refractivity contribution >= 4 is 11.3 Å². The fourth-order valence-electron chi connectivity index (χ4n) is 2.08. The fraction of sp³-hybridized carbons (Fsp3) is 0.733. The van der Waals surface area contributed by atoms with E-state index in [2.05, 4.69) is 38.2 Å². The molecule has 0 amide bonds. The Kier molecular flexibility index (Phi) is 4.63. The van der Waals surface area contributed by atoms with E-state index in [4.69, 9.17) is 0 Å². The maximum Gasteiger partial charge on any atom is 0.00683 e. The number of rotatable bonds is 7. The van der Waals surface area contributed by atoms with Gasteiger partial charge in [0.15, 0.2) is 0 Å². The monoisotopic (exact) mass is 251 g/mol. The summed E-state index contributed by atoms with van der Waals surface area (Å²) in [5, 5.41) is 3.64. The summed E-state index contributed by atoms with van der Waals surface area (Å²) in [7, 11) is 0. The van der Waals surface area contributed by atoms with E-state index in [0.29, 0.717) is 0 Å². The molecule has 0 saturated heterocycles. The molecule has 2 heteroatoms. The van der Waals surface area contributed by atoms with Gasteiger partial charge in [-0.2, -0.15) is 0 Å². The Morgan fingerprint density at radius 1 is 1.24 bits per heavy atom. The predicted molar refractivity (Wildman–Crippen MR) is 76.8 cm³/mol. The summed E-state index contributed by atoms with van der Waals surface area (Å²) >= 11 is 1.99. The van der Waals surface area contributed by atoms with E-state index in [0.717, 1.165) is 17.9 Å². The third-order valence-corrected chi connectivity index (χ3v) is 5.12. The Morgan fingerprint density at radius 3 is 2.53 bits per heavy atom. The van der Waals surface area contributed by atoms with Crippen molar-refractivity contribution in [1.82, 2.24) is 5.32 Å². The first kappa shape index (κ1) is 13.1. The summed E-state index contributed by atoms with van der Waals surface area (Å²) in [5.41, 5.74) is 0. The summed E-state index contributed by atoms with van der Waals surface area (Å²) < 4.78 is 0. The van der Waals surface area contributed by atoms with E-state index >= 15 is 0 Å². The highest BCUT2D eigenvalue weighted by atomic mass is 32.1. The number of aryl methyl sites for hydroxylation is 1. The van der Waals surface area contributed by atoms with Crippen LogP contribution in [0, 0.1) is 11.8 Å². The smallest absolute Gasteiger partial charge is 0.00683 e. The molecule has 1 heterocycles. The number of thiophene rings is 1. The molecule has 0 aliphatic heterocycles. The van der Waals surface area contributed by atoms with Crippen LogP contribution < -0.4 is 5.32 Å². The van der Waals surface area contributed by atoms with Gasteiger partial charge < -0.3 is 5.32 Å². The van der Waals surface area contributed by atoms with Crippen molar-refractivity contribution in [2.24, 2.45) is 11.8 Å². The molecule has 0 bridgehead atoms. The molecule has 0 aromatic carbocycles. The maximum atomic E-state index is 3.64. The SMILES string of the molecule is CCc1ccc(CC(C)C(C)CNC2CC2)s1. The van der Waals surface area contributed by atoms with Gasteiger partial charge >= 0.3 is 0 Å². The highest BCUT2D eigenvalue weighted by Gasteiger charge is 2.22. The van der Waals surface area contributed by atoms with E-state index in [1.807, 2.05) is 11.3 Å². The van der Waals surface area contributed by atoms with Crippen LogP contribution in [-0.2, 0) is 12.8 Å². The van der Waals surface area contributed by atoms with Gasteiger partial charge in [-0.25, -0.2) is 0 Å². The molecule has 0 spiro atoms. The Hall–Kier alpha value is -0.340. The number of nitrogens with one attached hydrogen (secondary N) is 1. The first-order valence-electron chi connectivity index (χ1n) is 7.00. The van der Waals surface area contributed by atoms with Crippen molar-refractivity contribution in [3.8, 4) is 0 Å². The molecule has 2 atom stereocenters. The molecule has 2 unspecified atom stereocenters. The van der Waals surface area contributed by atoms with Gasteiger partial charge in [0.25, 0.3) is 0 Å². The van der Waals surface area contributed by atoms with Gasteiger partial charge in [-0.1, -0.05) is 20.8 Å². The van der Waals surface area contributed by atoms with Crippen LogP contribution in [0.15, 0.2) is 12.1 Å². The summed E-state index contributed by atoms with van der Waals surface area (Å²) in [5.74, 6) is 1.56. The van der Waals surface area contributed by atoms with Gasteiger partial charge in [0.2, 0.25) is 0 Å². The summed E-state index contributed by atoms with van der Waals surface area (Å²) in [6, 6.07) is 5.46.